The Hall–Kier alpha value is -2.83. The number of para-hydroxylation sites is 1. The van der Waals surface area contributed by atoms with Crippen LogP contribution in [-0.2, 0) is 11.3 Å². The van der Waals surface area contributed by atoms with Gasteiger partial charge in [0.15, 0.2) is 6.29 Å². The van der Waals surface area contributed by atoms with Crippen LogP contribution >= 0.6 is 0 Å². The van der Waals surface area contributed by atoms with Crippen LogP contribution in [0.25, 0.3) is 10.9 Å². The smallest absolute Gasteiger partial charge is 0.412 e. The molecule has 0 aliphatic heterocycles. The second kappa shape index (κ2) is 6.51. The van der Waals surface area contributed by atoms with E-state index >= 15 is 0 Å². The van der Waals surface area contributed by atoms with Gasteiger partial charge in [0.2, 0.25) is 0 Å². The highest BCUT2D eigenvalue weighted by Crippen LogP contribution is 2.25. The maximum atomic E-state index is 11.9. The van der Waals surface area contributed by atoms with Crippen LogP contribution < -0.4 is 5.32 Å². The minimum absolute atomic E-state index is 0.175. The maximum absolute atomic E-state index is 11.9. The second-order valence-corrected chi connectivity index (χ2v) is 5.05. The molecule has 0 spiro atoms. The minimum Gasteiger partial charge on any atom is -0.444 e. The summed E-state index contributed by atoms with van der Waals surface area (Å²) < 4.78 is 5.17. The first-order valence-electron chi connectivity index (χ1n) is 7.09. The van der Waals surface area contributed by atoms with Gasteiger partial charge in [0.1, 0.15) is 6.61 Å². The van der Waals surface area contributed by atoms with Crippen LogP contribution in [0.2, 0.25) is 0 Å². The summed E-state index contributed by atoms with van der Waals surface area (Å²) in [6.07, 6.45) is -2.18. The Balaban J connectivity index is 1.72. The van der Waals surface area contributed by atoms with E-state index in [1.54, 1.807) is 24.3 Å². The highest BCUT2D eigenvalue weighted by atomic mass is 16.5. The van der Waals surface area contributed by atoms with Gasteiger partial charge in [-0.1, -0.05) is 42.5 Å². The number of aromatic amines is 1. The number of aromatic nitrogens is 1. The first kappa shape index (κ1) is 15.1. The van der Waals surface area contributed by atoms with Gasteiger partial charge in [-0.15, -0.1) is 0 Å². The predicted molar refractivity (Wildman–Crippen MR) is 85.7 cm³/mol. The summed E-state index contributed by atoms with van der Waals surface area (Å²) in [4.78, 5) is 14.8. The van der Waals surface area contributed by atoms with Crippen LogP contribution in [0.5, 0.6) is 0 Å². The van der Waals surface area contributed by atoms with E-state index in [0.29, 0.717) is 11.2 Å². The molecule has 0 atom stereocenters. The van der Waals surface area contributed by atoms with Crippen molar-refractivity contribution in [2.24, 2.45) is 0 Å². The number of ether oxygens (including phenoxy) is 1. The topological polar surface area (TPSA) is 94.6 Å². The van der Waals surface area contributed by atoms with Gasteiger partial charge in [-0.05, 0) is 17.7 Å². The molecule has 0 saturated carbocycles. The molecule has 0 fully saturated rings. The molecule has 6 nitrogen and oxygen atoms in total. The molecule has 3 rings (SSSR count). The first-order chi connectivity index (χ1) is 11.1. The molecule has 1 heterocycles. The van der Waals surface area contributed by atoms with Crippen molar-refractivity contribution in [2.45, 2.75) is 12.9 Å². The number of nitrogens with one attached hydrogen (secondary N) is 2. The molecule has 4 N–H and O–H groups in total. The lowest BCUT2D eigenvalue weighted by Gasteiger charge is -2.08. The minimum atomic E-state index is -1.60. The molecule has 0 aliphatic carbocycles. The average molecular weight is 312 g/mol. The summed E-state index contributed by atoms with van der Waals surface area (Å²) in [6.45, 7) is 0.175. The van der Waals surface area contributed by atoms with E-state index in [1.807, 2.05) is 30.3 Å². The van der Waals surface area contributed by atoms with Crippen molar-refractivity contribution < 1.29 is 19.7 Å². The molecule has 0 radical (unpaired) electrons. The van der Waals surface area contributed by atoms with E-state index in [1.165, 1.54) is 0 Å². The Morgan fingerprint density at radius 2 is 1.91 bits per heavy atom. The molecule has 0 unspecified atom stereocenters. The van der Waals surface area contributed by atoms with Crippen molar-refractivity contribution in [1.29, 1.82) is 0 Å². The summed E-state index contributed by atoms with van der Waals surface area (Å²) in [5.41, 5.74) is 2.26. The van der Waals surface area contributed by atoms with Crippen LogP contribution in [0, 0.1) is 0 Å². The number of hydrogen-bond acceptors (Lipinski definition) is 4. The summed E-state index contributed by atoms with van der Waals surface area (Å²) in [6, 6.07) is 16.3. The number of carbonyl (C=O) groups excluding carboxylic acids is 1. The molecule has 0 saturated heterocycles. The van der Waals surface area contributed by atoms with Crippen LogP contribution in [0.3, 0.4) is 0 Å². The third kappa shape index (κ3) is 3.50. The normalized spacial score (nSPS) is 10.9. The Bertz CT molecular complexity index is 812. The zero-order valence-electron chi connectivity index (χ0n) is 12.2. The number of benzene rings is 2. The van der Waals surface area contributed by atoms with E-state index in [2.05, 4.69) is 10.3 Å². The molecule has 118 valence electrons. The highest BCUT2D eigenvalue weighted by molar-refractivity contribution is 5.98. The molecule has 3 aromatic rings. The molecule has 1 aromatic heterocycles. The Morgan fingerprint density at radius 3 is 2.65 bits per heavy atom. The molecule has 2 aromatic carbocycles. The maximum Gasteiger partial charge on any atom is 0.412 e. The lowest BCUT2D eigenvalue weighted by molar-refractivity contribution is -0.0452. The van der Waals surface area contributed by atoms with Gasteiger partial charge < -0.3 is 19.9 Å². The Morgan fingerprint density at radius 1 is 1.13 bits per heavy atom. The van der Waals surface area contributed by atoms with Gasteiger partial charge >= 0.3 is 6.09 Å². The van der Waals surface area contributed by atoms with Gasteiger partial charge in [-0.2, -0.15) is 0 Å². The molecular formula is C17H16N2O4. The first-order valence-corrected chi connectivity index (χ1v) is 7.09. The van der Waals surface area contributed by atoms with Crippen LogP contribution in [0.1, 0.15) is 17.5 Å². The monoisotopic (exact) mass is 312 g/mol. The lowest BCUT2D eigenvalue weighted by Crippen LogP contribution is -2.13. The number of aliphatic hydroxyl groups excluding tert-OH is 1. The van der Waals surface area contributed by atoms with E-state index in [-0.39, 0.29) is 12.3 Å². The average Bonchev–Trinajstić information content (AvgIpc) is 3.00. The van der Waals surface area contributed by atoms with Crippen molar-refractivity contribution in [1.82, 2.24) is 4.98 Å². The van der Waals surface area contributed by atoms with E-state index in [0.717, 1.165) is 10.9 Å². The van der Waals surface area contributed by atoms with Gasteiger partial charge in [0.05, 0.1) is 16.9 Å². The summed E-state index contributed by atoms with van der Waals surface area (Å²) >= 11 is 0. The van der Waals surface area contributed by atoms with E-state index in [9.17, 15) is 15.0 Å². The number of hydrogen-bond donors (Lipinski definition) is 4. The largest absolute Gasteiger partial charge is 0.444 e. The number of fused-ring (bicyclic) bond motifs is 1. The Labute approximate surface area is 132 Å². The fraction of sp³-hybridized carbons (Fsp3) is 0.118. The molecule has 6 heteroatoms. The Kier molecular flexibility index (Phi) is 4.27. The quantitative estimate of drug-likeness (QED) is 0.557. The number of H-pyrrole nitrogens is 1. The van der Waals surface area contributed by atoms with Crippen LogP contribution in [0.15, 0.2) is 54.6 Å². The standard InChI is InChI=1S/C17H16N2O4/c20-16(21)14-9-12-7-4-8-13(15(12)18-14)19-17(22)23-10-11-5-2-1-3-6-11/h1-9,16,18,20-21H,10H2,(H,19,22). The van der Waals surface area contributed by atoms with Crippen LogP contribution in [0.4, 0.5) is 10.5 Å². The van der Waals surface area contributed by atoms with Crippen molar-refractivity contribution in [3.63, 3.8) is 0 Å². The number of anilines is 1. The molecular weight excluding hydrogens is 296 g/mol. The molecule has 23 heavy (non-hydrogen) atoms. The zero-order chi connectivity index (χ0) is 16.2. The second-order valence-electron chi connectivity index (χ2n) is 5.05. The summed E-state index contributed by atoms with van der Waals surface area (Å²) in [5, 5.41) is 21.9. The molecule has 1 amide bonds. The van der Waals surface area contributed by atoms with Crippen molar-refractivity contribution >= 4 is 22.7 Å². The van der Waals surface area contributed by atoms with Crippen molar-refractivity contribution in [2.75, 3.05) is 5.32 Å². The van der Waals surface area contributed by atoms with Crippen molar-refractivity contribution in [3.8, 4) is 0 Å². The van der Waals surface area contributed by atoms with E-state index < -0.39 is 12.4 Å². The third-order valence-electron chi connectivity index (χ3n) is 3.40. The van der Waals surface area contributed by atoms with Gasteiger partial charge in [0, 0.05) is 5.39 Å². The zero-order valence-corrected chi connectivity index (χ0v) is 12.2. The lowest BCUT2D eigenvalue weighted by atomic mass is 10.2. The van der Waals surface area contributed by atoms with Gasteiger partial charge in [-0.3, -0.25) is 5.32 Å². The third-order valence-corrected chi connectivity index (χ3v) is 3.40. The SMILES string of the molecule is O=C(Nc1cccc2cc(C(O)O)[nH]c12)OCc1ccccc1. The molecule has 0 bridgehead atoms. The fourth-order valence-corrected chi connectivity index (χ4v) is 2.29. The van der Waals surface area contributed by atoms with Gasteiger partial charge in [0.25, 0.3) is 0 Å². The number of rotatable bonds is 4. The predicted octanol–water partition coefficient (Wildman–Crippen LogP) is 2.90. The van der Waals surface area contributed by atoms with Crippen LogP contribution in [-0.4, -0.2) is 21.3 Å². The fourth-order valence-electron chi connectivity index (χ4n) is 2.29. The summed E-state index contributed by atoms with van der Waals surface area (Å²) in [5.74, 6) is 0. The van der Waals surface area contributed by atoms with E-state index in [4.69, 9.17) is 4.74 Å². The number of amides is 1. The number of carbonyl (C=O) groups is 1. The summed E-state index contributed by atoms with van der Waals surface area (Å²) in [7, 11) is 0. The highest BCUT2D eigenvalue weighted by Gasteiger charge is 2.12. The number of aliphatic hydroxyl groups is 2. The van der Waals surface area contributed by atoms with Crippen molar-refractivity contribution in [3.05, 3.63) is 65.9 Å². The molecule has 0 aliphatic rings. The van der Waals surface area contributed by atoms with Gasteiger partial charge in [-0.25, -0.2) is 4.79 Å².